The monoisotopic (exact) mass is 499 g/mol. The normalized spacial score (nSPS) is 29.9. The number of methoxy groups -OCH3 is 1. The van der Waals surface area contributed by atoms with Gasteiger partial charge in [0.25, 0.3) is 0 Å². The van der Waals surface area contributed by atoms with Crippen LogP contribution >= 0.6 is 11.8 Å². The van der Waals surface area contributed by atoms with Crippen LogP contribution in [0.4, 0.5) is 0 Å². The number of ether oxygens (including phenoxy) is 1. The molecule has 2 aromatic carbocycles. The van der Waals surface area contributed by atoms with E-state index in [1.807, 2.05) is 30.5 Å². The number of aromatic amines is 1. The van der Waals surface area contributed by atoms with Crippen molar-refractivity contribution < 1.29 is 19.4 Å². The lowest BCUT2D eigenvalue weighted by Crippen LogP contribution is -2.60. The highest BCUT2D eigenvalue weighted by atomic mass is 32.2. The number of Topliss-reactive ketones (excluding diaryl/α,β-unsaturated/α-hetero) is 1. The molecule has 5 unspecified atom stereocenters. The molecule has 0 spiro atoms. The van der Waals surface area contributed by atoms with Crippen molar-refractivity contribution >= 4 is 29.1 Å². The lowest BCUT2D eigenvalue weighted by Gasteiger charge is -2.58. The molecule has 0 radical (unpaired) electrons. The Morgan fingerprint density at radius 2 is 1.89 bits per heavy atom. The second-order valence-corrected chi connectivity index (χ2v) is 11.7. The van der Waals surface area contributed by atoms with E-state index in [9.17, 15) is 14.7 Å². The van der Waals surface area contributed by atoms with E-state index in [1.165, 1.54) is 11.1 Å². The zero-order valence-electron chi connectivity index (χ0n) is 20.4. The zero-order valence-corrected chi connectivity index (χ0v) is 21.2. The Morgan fingerprint density at radius 3 is 2.61 bits per heavy atom. The molecule has 2 N–H and O–H groups in total. The summed E-state index contributed by atoms with van der Waals surface area (Å²) >= 11 is 1.55. The first-order chi connectivity index (χ1) is 17.3. The third-order valence-electron chi connectivity index (χ3n) is 8.81. The van der Waals surface area contributed by atoms with Crippen LogP contribution < -0.4 is 4.74 Å². The number of fused-ring (bicyclic) bond motifs is 1. The third-order valence-corrected chi connectivity index (χ3v) is 10.6. The van der Waals surface area contributed by atoms with Crippen molar-refractivity contribution in [2.45, 2.75) is 48.0 Å². The maximum atomic E-state index is 13.9. The number of benzene rings is 2. The molecule has 1 saturated heterocycles. The third kappa shape index (κ3) is 2.91. The molecule has 2 heterocycles. The van der Waals surface area contributed by atoms with Crippen LogP contribution in [0.2, 0.25) is 0 Å². The molecule has 5 atom stereocenters. The van der Waals surface area contributed by atoms with Crippen LogP contribution in [0.5, 0.6) is 5.75 Å². The second-order valence-electron chi connectivity index (χ2n) is 10.4. The van der Waals surface area contributed by atoms with Gasteiger partial charge < -0.3 is 14.8 Å². The summed E-state index contributed by atoms with van der Waals surface area (Å²) in [4.78, 5) is 30.4. The summed E-state index contributed by atoms with van der Waals surface area (Å²) in [6, 6.07) is 15.9. The van der Waals surface area contributed by atoms with Crippen LogP contribution in [0.3, 0.4) is 0 Å². The van der Waals surface area contributed by atoms with Crippen LogP contribution in [0.15, 0.2) is 67.5 Å². The van der Waals surface area contributed by atoms with Crippen molar-refractivity contribution in [1.82, 2.24) is 4.98 Å². The molecule has 2 bridgehead atoms. The number of carbonyl (C=O) groups excluding carboxylic acids is 1. The van der Waals surface area contributed by atoms with Gasteiger partial charge in [-0.15, -0.1) is 11.8 Å². The van der Waals surface area contributed by atoms with Crippen LogP contribution in [0.1, 0.15) is 53.0 Å². The molecule has 184 valence electrons. The van der Waals surface area contributed by atoms with Gasteiger partial charge in [-0.3, -0.25) is 9.59 Å². The number of thioether (sulfide) groups is 1. The van der Waals surface area contributed by atoms with Crippen molar-refractivity contribution in [3.8, 4) is 5.75 Å². The van der Waals surface area contributed by atoms with Gasteiger partial charge in [0.1, 0.15) is 5.75 Å². The first-order valence-corrected chi connectivity index (χ1v) is 13.3. The number of carboxylic acid groups (broad SMARTS) is 1. The predicted molar refractivity (Wildman–Crippen MR) is 142 cm³/mol. The van der Waals surface area contributed by atoms with Gasteiger partial charge in [0.2, 0.25) is 0 Å². The first-order valence-electron chi connectivity index (χ1n) is 12.3. The Kier molecular flexibility index (Phi) is 5.23. The number of hydrogen-bond acceptors (Lipinski definition) is 4. The zero-order chi connectivity index (χ0) is 25.2. The highest BCUT2D eigenvalue weighted by Crippen LogP contribution is 2.72. The summed E-state index contributed by atoms with van der Waals surface area (Å²) in [6.07, 6.45) is 5.99. The number of aliphatic carboxylic acids is 1. The van der Waals surface area contributed by atoms with E-state index in [4.69, 9.17) is 4.74 Å². The Labute approximate surface area is 215 Å². The highest BCUT2D eigenvalue weighted by molar-refractivity contribution is 8.01. The van der Waals surface area contributed by atoms with Gasteiger partial charge in [0.05, 0.1) is 17.8 Å². The van der Waals surface area contributed by atoms with E-state index in [-0.39, 0.29) is 17.0 Å². The van der Waals surface area contributed by atoms with Crippen LogP contribution in [-0.4, -0.2) is 39.5 Å². The van der Waals surface area contributed by atoms with E-state index in [1.54, 1.807) is 18.9 Å². The molecule has 1 aromatic heterocycles. The van der Waals surface area contributed by atoms with Gasteiger partial charge in [0, 0.05) is 40.1 Å². The number of carbonyl (C=O) groups is 2. The molecule has 3 aliphatic carbocycles. The molecule has 1 saturated carbocycles. The molecular weight excluding hydrogens is 470 g/mol. The fourth-order valence-electron chi connectivity index (χ4n) is 7.17. The topological polar surface area (TPSA) is 79.4 Å². The first kappa shape index (κ1) is 23.2. The summed E-state index contributed by atoms with van der Waals surface area (Å²) in [6.45, 7) is 6.20. The minimum Gasteiger partial charge on any atom is -0.496 e. The van der Waals surface area contributed by atoms with E-state index < -0.39 is 22.0 Å². The number of H-pyrrole nitrogens is 1. The highest BCUT2D eigenvalue weighted by Gasteiger charge is 2.72. The Hall–Kier alpha value is -3.25. The van der Waals surface area contributed by atoms with Crippen molar-refractivity contribution in [2.24, 2.45) is 5.41 Å². The van der Waals surface area contributed by atoms with Gasteiger partial charge in [0.15, 0.2) is 5.78 Å². The van der Waals surface area contributed by atoms with Crippen LogP contribution in [0, 0.1) is 12.3 Å². The molecule has 36 heavy (non-hydrogen) atoms. The maximum Gasteiger partial charge on any atom is 0.311 e. The predicted octanol–water partition coefficient (Wildman–Crippen LogP) is 5.74. The van der Waals surface area contributed by atoms with E-state index in [0.717, 1.165) is 24.0 Å². The van der Waals surface area contributed by atoms with Gasteiger partial charge >= 0.3 is 5.97 Å². The lowest BCUT2D eigenvalue weighted by molar-refractivity contribution is -0.154. The average Bonchev–Trinajstić information content (AvgIpc) is 3.56. The lowest BCUT2D eigenvalue weighted by atomic mass is 9.45. The standard InChI is InChI=1S/C30H29NO4S/c1-17-8-10-19(11-9-17)29-13-12-22(21-15-31-16-23(21)29)30(28(33)34)14-25(36-27(29)30)26(32)18(2)20-6-4-5-7-24(20)35-3/h4-11,15-16,22,25,27,31H,2,12-14H2,1,3H3,(H,33,34). The molecule has 0 amide bonds. The molecule has 2 fully saturated rings. The minimum atomic E-state index is -1.02. The van der Waals surface area contributed by atoms with Crippen LogP contribution in [-0.2, 0) is 15.0 Å². The van der Waals surface area contributed by atoms with Crippen LogP contribution in [0.25, 0.3) is 5.57 Å². The summed E-state index contributed by atoms with van der Waals surface area (Å²) in [7, 11) is 1.58. The van der Waals surface area contributed by atoms with E-state index >= 15 is 0 Å². The van der Waals surface area contributed by atoms with Crippen molar-refractivity contribution in [3.05, 3.63) is 95.3 Å². The quantitative estimate of drug-likeness (QED) is 0.423. The Bertz CT molecular complexity index is 1390. The fourth-order valence-corrected chi connectivity index (χ4v) is 9.36. The Balaban J connectivity index is 1.47. The second kappa shape index (κ2) is 8.13. The average molecular weight is 500 g/mol. The number of rotatable bonds is 6. The number of para-hydroxylation sites is 1. The number of ketones is 1. The van der Waals surface area contributed by atoms with Gasteiger partial charge in [-0.2, -0.15) is 0 Å². The number of carboxylic acids is 1. The van der Waals surface area contributed by atoms with Gasteiger partial charge in [-0.05, 0) is 48.9 Å². The van der Waals surface area contributed by atoms with Gasteiger partial charge in [-0.1, -0.05) is 54.6 Å². The maximum absolute atomic E-state index is 13.9. The number of aryl methyl sites for hydroxylation is 1. The molecule has 6 heteroatoms. The van der Waals surface area contributed by atoms with Crippen molar-refractivity contribution in [1.29, 1.82) is 0 Å². The fraction of sp³-hybridized carbons (Fsp3) is 0.333. The molecule has 7 rings (SSSR count). The minimum absolute atomic E-state index is 0.107. The summed E-state index contributed by atoms with van der Waals surface area (Å²) < 4.78 is 5.47. The largest absolute Gasteiger partial charge is 0.496 e. The Morgan fingerprint density at radius 1 is 1.14 bits per heavy atom. The molecule has 4 aliphatic rings. The summed E-state index contributed by atoms with van der Waals surface area (Å²) in [5, 5.41) is 10.1. The van der Waals surface area contributed by atoms with Gasteiger partial charge in [-0.25, -0.2) is 0 Å². The van der Waals surface area contributed by atoms with Crippen molar-refractivity contribution in [2.75, 3.05) is 7.11 Å². The molecule has 1 aliphatic heterocycles. The number of aromatic nitrogens is 1. The number of hydrogen-bond donors (Lipinski definition) is 2. The number of nitrogens with one attached hydrogen (secondary N) is 1. The smallest absolute Gasteiger partial charge is 0.311 e. The molecular formula is C30H29NO4S. The SMILES string of the molecule is C=C(C(=O)C1CC2(C(=O)O)C3CCC(c4ccc(C)cc4)(c4c[nH]cc43)C2S1)c1ccccc1OC. The molecule has 3 aromatic rings. The molecule has 5 nitrogen and oxygen atoms in total. The van der Waals surface area contributed by atoms with E-state index in [0.29, 0.717) is 23.3 Å². The summed E-state index contributed by atoms with van der Waals surface area (Å²) in [5.74, 6) is -0.440. The van der Waals surface area contributed by atoms with Crippen molar-refractivity contribution in [3.63, 3.8) is 0 Å². The van der Waals surface area contributed by atoms with E-state index in [2.05, 4.69) is 48.9 Å². The number of allylic oxidation sites excluding steroid dienone is 1. The summed E-state index contributed by atoms with van der Waals surface area (Å²) in [5.41, 5.74) is 4.12.